The summed E-state index contributed by atoms with van der Waals surface area (Å²) >= 11 is 0. The number of nitrogens with two attached hydrogens (primary N) is 1. The fraction of sp³-hybridized carbons (Fsp3) is 0.467. The van der Waals surface area contributed by atoms with E-state index < -0.39 is 6.04 Å². The van der Waals surface area contributed by atoms with Gasteiger partial charge in [0.1, 0.15) is 5.75 Å². The van der Waals surface area contributed by atoms with Crippen LogP contribution in [0, 0.1) is 0 Å². The van der Waals surface area contributed by atoms with Gasteiger partial charge in [0.2, 0.25) is 5.91 Å². The fourth-order valence-corrected chi connectivity index (χ4v) is 2.29. The molecule has 0 radical (unpaired) electrons. The van der Waals surface area contributed by atoms with Gasteiger partial charge in [-0.3, -0.25) is 9.59 Å². The van der Waals surface area contributed by atoms with Gasteiger partial charge in [-0.1, -0.05) is 0 Å². The van der Waals surface area contributed by atoms with E-state index in [0.717, 1.165) is 25.9 Å². The second kappa shape index (κ2) is 8.00. The minimum atomic E-state index is -0.632. The minimum Gasteiger partial charge on any atom is -0.495 e. The van der Waals surface area contributed by atoms with Crippen LogP contribution in [-0.4, -0.2) is 43.0 Å². The topological polar surface area (TPSA) is 84.7 Å². The van der Waals surface area contributed by atoms with Crippen molar-refractivity contribution in [3.8, 4) is 5.75 Å². The Morgan fingerprint density at radius 1 is 1.32 bits per heavy atom. The second-order valence-electron chi connectivity index (χ2n) is 5.19. The smallest absolute Gasteiger partial charge is 0.253 e. The molecule has 1 saturated heterocycles. The molecule has 122 valence electrons. The third-order valence-electron chi connectivity index (χ3n) is 3.51. The summed E-state index contributed by atoms with van der Waals surface area (Å²) in [7, 11) is 1.51. The Morgan fingerprint density at radius 3 is 2.50 bits per heavy atom. The number of nitrogens with zero attached hydrogens (tertiary/aromatic N) is 1. The van der Waals surface area contributed by atoms with E-state index in [9.17, 15) is 9.59 Å². The summed E-state index contributed by atoms with van der Waals surface area (Å²) in [4.78, 5) is 25.9. The molecule has 2 rings (SSSR count). The van der Waals surface area contributed by atoms with Crippen LogP contribution in [0.1, 0.15) is 30.1 Å². The zero-order chi connectivity index (χ0) is 15.4. The first kappa shape index (κ1) is 18.3. The lowest BCUT2D eigenvalue weighted by molar-refractivity contribution is -0.117. The summed E-state index contributed by atoms with van der Waals surface area (Å²) in [6, 6.07) is 4.40. The van der Waals surface area contributed by atoms with Crippen LogP contribution in [0.3, 0.4) is 0 Å². The van der Waals surface area contributed by atoms with Crippen molar-refractivity contribution in [1.29, 1.82) is 0 Å². The highest BCUT2D eigenvalue weighted by Crippen LogP contribution is 2.26. The molecule has 0 spiro atoms. The van der Waals surface area contributed by atoms with E-state index >= 15 is 0 Å². The molecule has 0 saturated carbocycles. The van der Waals surface area contributed by atoms with Gasteiger partial charge in [0, 0.05) is 18.7 Å². The van der Waals surface area contributed by atoms with Gasteiger partial charge in [-0.05, 0) is 38.0 Å². The number of nitrogens with one attached hydrogen (secondary N) is 1. The predicted octanol–water partition coefficient (Wildman–Crippen LogP) is 1.64. The Balaban J connectivity index is 0.00000242. The molecule has 0 unspecified atom stereocenters. The molecule has 0 bridgehead atoms. The van der Waals surface area contributed by atoms with E-state index in [2.05, 4.69) is 5.32 Å². The Bertz CT molecular complexity index is 543. The van der Waals surface area contributed by atoms with E-state index in [4.69, 9.17) is 10.5 Å². The molecular weight excluding hydrogens is 306 g/mol. The van der Waals surface area contributed by atoms with Crippen molar-refractivity contribution in [2.24, 2.45) is 5.73 Å². The van der Waals surface area contributed by atoms with Gasteiger partial charge in [0.25, 0.3) is 5.91 Å². The van der Waals surface area contributed by atoms with Gasteiger partial charge >= 0.3 is 0 Å². The third-order valence-corrected chi connectivity index (χ3v) is 3.51. The Morgan fingerprint density at radius 2 is 1.95 bits per heavy atom. The van der Waals surface area contributed by atoms with Crippen LogP contribution in [0.15, 0.2) is 18.2 Å². The molecule has 7 heteroatoms. The molecule has 1 aromatic rings. The molecular formula is C15H22ClN3O3. The van der Waals surface area contributed by atoms with Gasteiger partial charge < -0.3 is 20.7 Å². The van der Waals surface area contributed by atoms with Gasteiger partial charge in [-0.15, -0.1) is 12.4 Å². The first-order valence-corrected chi connectivity index (χ1v) is 7.06. The largest absolute Gasteiger partial charge is 0.495 e. The zero-order valence-corrected chi connectivity index (χ0v) is 13.6. The monoisotopic (exact) mass is 327 g/mol. The molecule has 2 amide bonds. The maximum Gasteiger partial charge on any atom is 0.253 e. The number of carbonyl (C=O) groups excluding carboxylic acids is 2. The number of rotatable bonds is 4. The SMILES string of the molecule is COc1ccc(C(=O)N2CCCC2)cc1NC(=O)[C@H](C)N.Cl. The lowest BCUT2D eigenvalue weighted by Crippen LogP contribution is -2.33. The maximum atomic E-state index is 12.4. The van der Waals surface area contributed by atoms with E-state index in [1.165, 1.54) is 7.11 Å². The van der Waals surface area contributed by atoms with Crippen LogP contribution in [0.5, 0.6) is 5.75 Å². The van der Waals surface area contributed by atoms with E-state index in [1.807, 2.05) is 4.90 Å². The van der Waals surface area contributed by atoms with Crippen molar-refractivity contribution >= 4 is 29.9 Å². The third kappa shape index (κ3) is 4.11. The molecule has 1 aliphatic heterocycles. The number of carbonyl (C=O) groups is 2. The molecule has 1 aromatic carbocycles. The van der Waals surface area contributed by atoms with Gasteiger partial charge in [0.05, 0.1) is 18.8 Å². The molecule has 0 aromatic heterocycles. The van der Waals surface area contributed by atoms with Gasteiger partial charge in [-0.2, -0.15) is 0 Å². The standard InChI is InChI=1S/C15H21N3O3.ClH/c1-10(16)14(19)17-12-9-11(5-6-13(12)21-2)15(20)18-7-3-4-8-18;/h5-6,9-10H,3-4,7-8,16H2,1-2H3,(H,17,19);1H/t10-;/m0./s1. The number of amides is 2. The first-order valence-electron chi connectivity index (χ1n) is 7.06. The fourth-order valence-electron chi connectivity index (χ4n) is 2.29. The molecule has 22 heavy (non-hydrogen) atoms. The summed E-state index contributed by atoms with van der Waals surface area (Å²) in [6.07, 6.45) is 2.08. The second-order valence-corrected chi connectivity index (χ2v) is 5.19. The number of benzene rings is 1. The molecule has 6 nitrogen and oxygen atoms in total. The van der Waals surface area contributed by atoms with Gasteiger partial charge in [-0.25, -0.2) is 0 Å². The summed E-state index contributed by atoms with van der Waals surface area (Å²) in [5.41, 5.74) is 6.55. The molecule has 1 aliphatic rings. The minimum absolute atomic E-state index is 0. The number of ether oxygens (including phenoxy) is 1. The van der Waals surface area contributed by atoms with Crippen LogP contribution in [0.4, 0.5) is 5.69 Å². The normalized spacial score (nSPS) is 15.0. The molecule has 1 fully saturated rings. The lowest BCUT2D eigenvalue weighted by atomic mass is 10.1. The Labute approximate surface area is 136 Å². The number of methoxy groups -OCH3 is 1. The summed E-state index contributed by atoms with van der Waals surface area (Å²) in [5.74, 6) is 0.160. The van der Waals surface area contributed by atoms with Crippen molar-refractivity contribution in [2.45, 2.75) is 25.8 Å². The van der Waals surface area contributed by atoms with Crippen molar-refractivity contribution in [3.63, 3.8) is 0 Å². The van der Waals surface area contributed by atoms with Crippen molar-refractivity contribution in [3.05, 3.63) is 23.8 Å². The van der Waals surface area contributed by atoms with E-state index in [-0.39, 0.29) is 24.2 Å². The molecule has 1 atom stereocenters. The Hall–Kier alpha value is -1.79. The zero-order valence-electron chi connectivity index (χ0n) is 12.8. The van der Waals surface area contributed by atoms with Crippen molar-refractivity contribution in [1.82, 2.24) is 4.90 Å². The van der Waals surface area contributed by atoms with E-state index in [1.54, 1.807) is 25.1 Å². The quantitative estimate of drug-likeness (QED) is 0.880. The van der Waals surface area contributed by atoms with Crippen LogP contribution in [-0.2, 0) is 4.79 Å². The number of hydrogen-bond donors (Lipinski definition) is 2. The van der Waals surface area contributed by atoms with Crippen LogP contribution < -0.4 is 15.8 Å². The highest BCUT2D eigenvalue weighted by atomic mass is 35.5. The van der Waals surface area contributed by atoms with Crippen LogP contribution in [0.25, 0.3) is 0 Å². The molecule has 1 heterocycles. The van der Waals surface area contributed by atoms with Crippen molar-refractivity contribution in [2.75, 3.05) is 25.5 Å². The summed E-state index contributed by atoms with van der Waals surface area (Å²) in [5, 5.41) is 2.69. The van der Waals surface area contributed by atoms with E-state index in [0.29, 0.717) is 17.0 Å². The maximum absolute atomic E-state index is 12.4. The average molecular weight is 328 g/mol. The average Bonchev–Trinajstić information content (AvgIpc) is 3.00. The van der Waals surface area contributed by atoms with Crippen LogP contribution in [0.2, 0.25) is 0 Å². The first-order chi connectivity index (χ1) is 10.0. The predicted molar refractivity (Wildman–Crippen MR) is 87.7 cm³/mol. The number of likely N-dealkylation sites (tertiary alicyclic amines) is 1. The van der Waals surface area contributed by atoms with Gasteiger partial charge in [0.15, 0.2) is 0 Å². The Kier molecular flexibility index (Phi) is 6.64. The highest BCUT2D eigenvalue weighted by Gasteiger charge is 2.21. The lowest BCUT2D eigenvalue weighted by Gasteiger charge is -2.17. The molecule has 3 N–H and O–H groups in total. The highest BCUT2D eigenvalue weighted by molar-refractivity contribution is 5.99. The van der Waals surface area contributed by atoms with Crippen molar-refractivity contribution < 1.29 is 14.3 Å². The molecule has 0 aliphatic carbocycles. The number of halogens is 1. The summed E-state index contributed by atoms with van der Waals surface area (Å²) < 4.78 is 5.21. The number of anilines is 1. The summed E-state index contributed by atoms with van der Waals surface area (Å²) in [6.45, 7) is 3.17. The number of hydrogen-bond acceptors (Lipinski definition) is 4. The van der Waals surface area contributed by atoms with Crippen LogP contribution >= 0.6 is 12.4 Å².